The van der Waals surface area contributed by atoms with E-state index in [0.29, 0.717) is 13.0 Å². The number of carbonyl (C=O) groups is 1. The topological polar surface area (TPSA) is 67.6 Å². The standard InChI is InChI=1S/C10H23N3O2/c1-10(2,3)15-9(14)12-7-6-8(11)13(4)5/h8H,6-7,11H2,1-5H3,(H,12,14). The maximum atomic E-state index is 11.2. The Morgan fingerprint density at radius 2 is 2.00 bits per heavy atom. The SMILES string of the molecule is CN(C)C(N)CCNC(=O)OC(C)(C)C. The second-order valence-corrected chi connectivity index (χ2v) is 4.75. The van der Waals surface area contributed by atoms with Crippen LogP contribution in [0.1, 0.15) is 27.2 Å². The van der Waals surface area contributed by atoms with Gasteiger partial charge in [-0.15, -0.1) is 0 Å². The minimum absolute atomic E-state index is 0.0417. The number of hydrogen-bond acceptors (Lipinski definition) is 4. The summed E-state index contributed by atoms with van der Waals surface area (Å²) in [7, 11) is 3.80. The van der Waals surface area contributed by atoms with Gasteiger partial charge in [0, 0.05) is 6.54 Å². The van der Waals surface area contributed by atoms with E-state index in [1.54, 1.807) is 0 Å². The Bertz CT molecular complexity index is 199. The van der Waals surface area contributed by atoms with Crippen molar-refractivity contribution in [2.45, 2.75) is 39.0 Å². The Hall–Kier alpha value is -0.810. The molecule has 0 aliphatic rings. The maximum absolute atomic E-state index is 11.2. The summed E-state index contributed by atoms with van der Waals surface area (Å²) in [5.74, 6) is 0. The molecular formula is C10H23N3O2. The molecule has 0 heterocycles. The lowest BCUT2D eigenvalue weighted by atomic mass is 10.2. The van der Waals surface area contributed by atoms with Gasteiger partial charge in [0.1, 0.15) is 5.60 Å². The number of alkyl carbamates (subject to hydrolysis) is 1. The van der Waals surface area contributed by atoms with Crippen molar-refractivity contribution in [2.24, 2.45) is 5.73 Å². The number of amides is 1. The Morgan fingerprint density at radius 3 is 2.40 bits per heavy atom. The molecule has 1 amide bonds. The van der Waals surface area contributed by atoms with E-state index in [0.717, 1.165) is 0 Å². The average molecular weight is 217 g/mol. The minimum Gasteiger partial charge on any atom is -0.444 e. The summed E-state index contributed by atoms with van der Waals surface area (Å²) < 4.78 is 5.08. The van der Waals surface area contributed by atoms with Crippen LogP contribution in [0.15, 0.2) is 0 Å². The van der Waals surface area contributed by atoms with E-state index in [2.05, 4.69) is 5.32 Å². The van der Waals surface area contributed by atoms with Gasteiger partial charge in [0.15, 0.2) is 0 Å². The molecule has 3 N–H and O–H groups in total. The molecule has 5 heteroatoms. The van der Waals surface area contributed by atoms with Gasteiger partial charge < -0.3 is 15.8 Å². The number of carbonyl (C=O) groups excluding carboxylic acids is 1. The van der Waals surface area contributed by atoms with Crippen molar-refractivity contribution in [1.29, 1.82) is 0 Å². The smallest absolute Gasteiger partial charge is 0.407 e. The highest BCUT2D eigenvalue weighted by Gasteiger charge is 2.15. The Labute approximate surface area is 91.9 Å². The van der Waals surface area contributed by atoms with E-state index in [1.807, 2.05) is 39.8 Å². The van der Waals surface area contributed by atoms with E-state index >= 15 is 0 Å². The number of rotatable bonds is 4. The fourth-order valence-corrected chi connectivity index (χ4v) is 0.894. The third kappa shape index (κ3) is 8.20. The third-order valence-corrected chi connectivity index (χ3v) is 1.77. The van der Waals surface area contributed by atoms with Gasteiger partial charge in [-0.1, -0.05) is 0 Å². The van der Waals surface area contributed by atoms with E-state index in [4.69, 9.17) is 10.5 Å². The summed E-state index contributed by atoms with van der Waals surface area (Å²) in [4.78, 5) is 13.1. The lowest BCUT2D eigenvalue weighted by Gasteiger charge is -2.22. The molecule has 0 fully saturated rings. The molecule has 0 rings (SSSR count). The molecule has 5 nitrogen and oxygen atoms in total. The van der Waals surface area contributed by atoms with E-state index in [9.17, 15) is 4.79 Å². The van der Waals surface area contributed by atoms with E-state index in [1.165, 1.54) is 0 Å². The molecule has 0 aromatic carbocycles. The molecule has 0 saturated carbocycles. The highest BCUT2D eigenvalue weighted by Crippen LogP contribution is 2.06. The first kappa shape index (κ1) is 14.2. The molecule has 0 radical (unpaired) electrons. The predicted octanol–water partition coefficient (Wildman–Crippen LogP) is 0.748. The van der Waals surface area contributed by atoms with Crippen LogP contribution in [0, 0.1) is 0 Å². The highest BCUT2D eigenvalue weighted by atomic mass is 16.6. The second-order valence-electron chi connectivity index (χ2n) is 4.75. The van der Waals surface area contributed by atoms with Crippen molar-refractivity contribution in [3.8, 4) is 0 Å². The van der Waals surface area contributed by atoms with E-state index < -0.39 is 11.7 Å². The zero-order valence-corrected chi connectivity index (χ0v) is 10.3. The van der Waals surface area contributed by atoms with Gasteiger partial charge in [0.25, 0.3) is 0 Å². The Kier molecular flexibility index (Phi) is 5.60. The van der Waals surface area contributed by atoms with Crippen LogP contribution in [0.2, 0.25) is 0 Å². The zero-order chi connectivity index (χ0) is 12.1. The van der Waals surface area contributed by atoms with Crippen molar-refractivity contribution in [1.82, 2.24) is 10.2 Å². The lowest BCUT2D eigenvalue weighted by Crippen LogP contribution is -2.40. The summed E-state index contributed by atoms with van der Waals surface area (Å²) in [6.45, 7) is 6.02. The monoisotopic (exact) mass is 217 g/mol. The molecular weight excluding hydrogens is 194 g/mol. The van der Waals surface area contributed by atoms with Gasteiger partial charge in [-0.25, -0.2) is 4.79 Å². The summed E-state index contributed by atoms with van der Waals surface area (Å²) >= 11 is 0. The molecule has 0 saturated heterocycles. The van der Waals surface area contributed by atoms with Crippen molar-refractivity contribution >= 4 is 6.09 Å². The van der Waals surface area contributed by atoms with E-state index in [-0.39, 0.29) is 6.17 Å². The molecule has 1 unspecified atom stereocenters. The van der Waals surface area contributed by atoms with Gasteiger partial charge in [-0.3, -0.25) is 4.90 Å². The molecule has 90 valence electrons. The fourth-order valence-electron chi connectivity index (χ4n) is 0.894. The molecule has 0 aliphatic heterocycles. The molecule has 0 aliphatic carbocycles. The summed E-state index contributed by atoms with van der Waals surface area (Å²) in [5, 5.41) is 2.66. The second kappa shape index (κ2) is 5.92. The first-order valence-electron chi connectivity index (χ1n) is 5.11. The van der Waals surface area contributed by atoms with Crippen LogP contribution < -0.4 is 11.1 Å². The zero-order valence-electron chi connectivity index (χ0n) is 10.3. The molecule has 0 aromatic rings. The Balaban J connectivity index is 3.65. The van der Waals surface area contributed by atoms with Crippen molar-refractivity contribution < 1.29 is 9.53 Å². The van der Waals surface area contributed by atoms with Crippen molar-refractivity contribution in [2.75, 3.05) is 20.6 Å². The normalized spacial score (nSPS) is 13.8. The van der Waals surface area contributed by atoms with Gasteiger partial charge in [-0.2, -0.15) is 0 Å². The van der Waals surface area contributed by atoms with Crippen molar-refractivity contribution in [3.63, 3.8) is 0 Å². The van der Waals surface area contributed by atoms with Crippen LogP contribution in [-0.2, 0) is 4.74 Å². The molecule has 1 atom stereocenters. The third-order valence-electron chi connectivity index (χ3n) is 1.77. The average Bonchev–Trinajstić information content (AvgIpc) is 2.00. The number of nitrogens with one attached hydrogen (secondary N) is 1. The van der Waals surface area contributed by atoms with Gasteiger partial charge in [0.2, 0.25) is 0 Å². The maximum Gasteiger partial charge on any atom is 0.407 e. The largest absolute Gasteiger partial charge is 0.444 e. The number of hydrogen-bond donors (Lipinski definition) is 2. The quantitative estimate of drug-likeness (QED) is 0.682. The van der Waals surface area contributed by atoms with Gasteiger partial charge in [0.05, 0.1) is 6.17 Å². The molecule has 0 spiro atoms. The predicted molar refractivity (Wildman–Crippen MR) is 60.5 cm³/mol. The fraction of sp³-hybridized carbons (Fsp3) is 0.900. The lowest BCUT2D eigenvalue weighted by molar-refractivity contribution is 0.0524. The van der Waals surface area contributed by atoms with Crippen LogP contribution in [0.4, 0.5) is 4.79 Å². The summed E-state index contributed by atoms with van der Waals surface area (Å²) in [6, 6.07) is 0. The van der Waals surface area contributed by atoms with Crippen LogP contribution in [0.5, 0.6) is 0 Å². The molecule has 0 bridgehead atoms. The summed E-state index contributed by atoms with van der Waals surface area (Å²) in [5.41, 5.74) is 5.31. The Morgan fingerprint density at radius 1 is 1.47 bits per heavy atom. The minimum atomic E-state index is -0.451. The number of ether oxygens (including phenoxy) is 1. The van der Waals surface area contributed by atoms with Gasteiger partial charge >= 0.3 is 6.09 Å². The highest BCUT2D eigenvalue weighted by molar-refractivity contribution is 5.67. The van der Waals surface area contributed by atoms with Crippen molar-refractivity contribution in [3.05, 3.63) is 0 Å². The number of nitrogens with two attached hydrogens (primary N) is 1. The first-order valence-corrected chi connectivity index (χ1v) is 5.11. The van der Waals surface area contributed by atoms with Gasteiger partial charge in [-0.05, 0) is 41.3 Å². The number of nitrogens with zero attached hydrogens (tertiary/aromatic N) is 1. The molecule has 0 aromatic heterocycles. The first-order chi connectivity index (χ1) is 6.72. The van der Waals surface area contributed by atoms with Crippen LogP contribution in [-0.4, -0.2) is 43.4 Å². The van der Waals surface area contributed by atoms with Crippen LogP contribution >= 0.6 is 0 Å². The van der Waals surface area contributed by atoms with Crippen LogP contribution in [0.3, 0.4) is 0 Å². The van der Waals surface area contributed by atoms with Crippen LogP contribution in [0.25, 0.3) is 0 Å². The summed E-state index contributed by atoms with van der Waals surface area (Å²) in [6.07, 6.45) is 0.264. The molecule has 15 heavy (non-hydrogen) atoms.